The molecule has 0 saturated heterocycles. The van der Waals surface area contributed by atoms with Crippen LogP contribution in [0.3, 0.4) is 0 Å². The normalized spacial score (nSPS) is 12.6. The fraction of sp³-hybridized carbons (Fsp3) is 0.333. The van der Waals surface area contributed by atoms with Gasteiger partial charge in [-0.3, -0.25) is 0 Å². The molecule has 2 N–H and O–H groups in total. The Kier molecular flexibility index (Phi) is 4.67. The summed E-state index contributed by atoms with van der Waals surface area (Å²) in [6.07, 6.45) is 0. The topological polar surface area (TPSA) is 26.0 Å². The lowest BCUT2D eigenvalue weighted by molar-refractivity contribution is 0.843. The summed E-state index contributed by atoms with van der Waals surface area (Å²) in [6, 6.07) is 5.18. The first-order chi connectivity index (χ1) is 9.75. The first-order valence-electron chi connectivity index (χ1n) is 7.03. The van der Waals surface area contributed by atoms with Gasteiger partial charge < -0.3 is 5.73 Å². The number of halogens is 2. The first-order valence-corrected chi connectivity index (χ1v) is 7.78. The van der Waals surface area contributed by atoms with E-state index in [2.05, 4.69) is 34.6 Å². The summed E-state index contributed by atoms with van der Waals surface area (Å²) >= 11 is 12.4. The van der Waals surface area contributed by atoms with E-state index in [0.29, 0.717) is 10.0 Å². The minimum Gasteiger partial charge on any atom is -0.320 e. The van der Waals surface area contributed by atoms with E-state index >= 15 is 0 Å². The Labute approximate surface area is 137 Å². The third-order valence-electron chi connectivity index (χ3n) is 4.66. The Bertz CT molecular complexity index is 676. The molecule has 0 saturated carbocycles. The summed E-state index contributed by atoms with van der Waals surface area (Å²) in [4.78, 5) is 0. The van der Waals surface area contributed by atoms with Crippen LogP contribution < -0.4 is 5.73 Å². The van der Waals surface area contributed by atoms with Gasteiger partial charge in [0.05, 0.1) is 6.04 Å². The smallest absolute Gasteiger partial charge is 0.0572 e. The Morgan fingerprint density at radius 1 is 0.810 bits per heavy atom. The zero-order valence-corrected chi connectivity index (χ0v) is 14.7. The minimum atomic E-state index is -0.269. The first kappa shape index (κ1) is 16.4. The highest BCUT2D eigenvalue weighted by atomic mass is 35.5. The lowest BCUT2D eigenvalue weighted by atomic mass is 9.84. The van der Waals surface area contributed by atoms with Gasteiger partial charge in [0.15, 0.2) is 0 Å². The summed E-state index contributed by atoms with van der Waals surface area (Å²) in [5.74, 6) is 0. The van der Waals surface area contributed by atoms with Gasteiger partial charge in [0.25, 0.3) is 0 Å². The number of benzene rings is 2. The van der Waals surface area contributed by atoms with E-state index < -0.39 is 0 Å². The van der Waals surface area contributed by atoms with Crippen LogP contribution in [0, 0.1) is 34.6 Å². The predicted octanol–water partition coefficient (Wildman–Crippen LogP) is 5.58. The SMILES string of the molecule is Cc1c(C)c(C)c(C(N)c2cc(Cl)ccc2Cl)c(C)c1C. The highest BCUT2D eigenvalue weighted by Crippen LogP contribution is 2.35. The molecule has 0 amide bonds. The van der Waals surface area contributed by atoms with Crippen LogP contribution in [0.15, 0.2) is 18.2 Å². The molecule has 2 aromatic rings. The molecule has 0 bridgehead atoms. The molecule has 2 rings (SSSR count). The van der Waals surface area contributed by atoms with Crippen LogP contribution in [0.1, 0.15) is 45.0 Å². The van der Waals surface area contributed by atoms with Gasteiger partial charge in [-0.05, 0) is 91.8 Å². The highest BCUT2D eigenvalue weighted by Gasteiger charge is 2.20. The third kappa shape index (κ3) is 2.83. The molecule has 0 spiro atoms. The van der Waals surface area contributed by atoms with E-state index in [0.717, 1.165) is 11.1 Å². The molecule has 2 aromatic carbocycles. The Morgan fingerprint density at radius 2 is 1.29 bits per heavy atom. The Morgan fingerprint density at radius 3 is 1.81 bits per heavy atom. The van der Waals surface area contributed by atoms with Crippen molar-refractivity contribution in [1.29, 1.82) is 0 Å². The molecular weight excluding hydrogens is 301 g/mol. The standard InChI is InChI=1S/C18H21Cl2N/c1-9-10(2)12(4)17(13(5)11(9)3)18(21)15-8-14(19)6-7-16(15)20/h6-8,18H,21H2,1-5H3. The molecule has 3 heteroatoms. The lowest BCUT2D eigenvalue weighted by Gasteiger charge is -2.24. The van der Waals surface area contributed by atoms with Crippen LogP contribution in [0.5, 0.6) is 0 Å². The average Bonchev–Trinajstić information content (AvgIpc) is 2.45. The van der Waals surface area contributed by atoms with Gasteiger partial charge in [0.2, 0.25) is 0 Å². The molecule has 0 radical (unpaired) electrons. The van der Waals surface area contributed by atoms with Crippen LogP contribution in [0.25, 0.3) is 0 Å². The molecule has 0 heterocycles. The molecule has 0 aliphatic carbocycles. The van der Waals surface area contributed by atoms with E-state index in [1.807, 2.05) is 6.07 Å². The van der Waals surface area contributed by atoms with E-state index in [9.17, 15) is 0 Å². The van der Waals surface area contributed by atoms with Crippen LogP contribution in [-0.2, 0) is 0 Å². The summed E-state index contributed by atoms with van der Waals surface area (Å²) in [7, 11) is 0. The minimum absolute atomic E-state index is 0.269. The van der Waals surface area contributed by atoms with Crippen molar-refractivity contribution in [3.63, 3.8) is 0 Å². The Hall–Kier alpha value is -1.02. The van der Waals surface area contributed by atoms with E-state index in [1.54, 1.807) is 12.1 Å². The molecule has 1 unspecified atom stereocenters. The van der Waals surface area contributed by atoms with Gasteiger partial charge in [-0.2, -0.15) is 0 Å². The molecule has 112 valence electrons. The van der Waals surface area contributed by atoms with Gasteiger partial charge in [-0.1, -0.05) is 23.2 Å². The number of nitrogens with two attached hydrogens (primary N) is 1. The molecule has 1 atom stereocenters. The molecule has 0 fully saturated rings. The van der Waals surface area contributed by atoms with Crippen molar-refractivity contribution in [1.82, 2.24) is 0 Å². The second kappa shape index (κ2) is 6.00. The van der Waals surface area contributed by atoms with Crippen molar-refractivity contribution >= 4 is 23.2 Å². The van der Waals surface area contributed by atoms with E-state index in [-0.39, 0.29) is 6.04 Å². The maximum absolute atomic E-state index is 6.53. The predicted molar refractivity (Wildman–Crippen MR) is 92.6 cm³/mol. The van der Waals surface area contributed by atoms with Crippen molar-refractivity contribution < 1.29 is 0 Å². The highest BCUT2D eigenvalue weighted by molar-refractivity contribution is 6.33. The fourth-order valence-electron chi connectivity index (χ4n) is 2.90. The van der Waals surface area contributed by atoms with Crippen molar-refractivity contribution in [3.8, 4) is 0 Å². The molecule has 21 heavy (non-hydrogen) atoms. The number of hydrogen-bond donors (Lipinski definition) is 1. The summed E-state index contributed by atoms with van der Waals surface area (Å²) in [5.41, 5.74) is 14.9. The second-order valence-electron chi connectivity index (χ2n) is 5.68. The van der Waals surface area contributed by atoms with Crippen LogP contribution >= 0.6 is 23.2 Å². The van der Waals surface area contributed by atoms with Crippen molar-refractivity contribution in [3.05, 3.63) is 67.2 Å². The monoisotopic (exact) mass is 321 g/mol. The average molecular weight is 322 g/mol. The van der Waals surface area contributed by atoms with Gasteiger partial charge in [0.1, 0.15) is 0 Å². The van der Waals surface area contributed by atoms with Gasteiger partial charge in [-0.25, -0.2) is 0 Å². The van der Waals surface area contributed by atoms with Gasteiger partial charge in [-0.15, -0.1) is 0 Å². The number of hydrogen-bond acceptors (Lipinski definition) is 1. The van der Waals surface area contributed by atoms with Gasteiger partial charge >= 0.3 is 0 Å². The second-order valence-corrected chi connectivity index (χ2v) is 6.53. The molecular formula is C18H21Cl2N. The van der Waals surface area contributed by atoms with Crippen LogP contribution in [0.2, 0.25) is 10.0 Å². The van der Waals surface area contributed by atoms with E-state index in [1.165, 1.54) is 27.8 Å². The molecule has 0 aromatic heterocycles. The van der Waals surface area contributed by atoms with Crippen molar-refractivity contribution in [2.45, 2.75) is 40.7 Å². The number of rotatable bonds is 2. The summed E-state index contributed by atoms with van der Waals surface area (Å²) in [6.45, 7) is 10.7. The zero-order valence-electron chi connectivity index (χ0n) is 13.1. The molecule has 1 nitrogen and oxygen atoms in total. The zero-order chi connectivity index (χ0) is 15.9. The van der Waals surface area contributed by atoms with Crippen LogP contribution in [-0.4, -0.2) is 0 Å². The summed E-state index contributed by atoms with van der Waals surface area (Å²) < 4.78 is 0. The third-order valence-corrected chi connectivity index (χ3v) is 5.24. The molecule has 0 aliphatic rings. The quantitative estimate of drug-likeness (QED) is 0.767. The van der Waals surface area contributed by atoms with Gasteiger partial charge in [0, 0.05) is 10.0 Å². The Balaban J connectivity index is 2.69. The maximum Gasteiger partial charge on any atom is 0.0572 e. The fourth-order valence-corrected chi connectivity index (χ4v) is 3.32. The molecule has 0 aliphatic heterocycles. The maximum atomic E-state index is 6.53. The van der Waals surface area contributed by atoms with Crippen molar-refractivity contribution in [2.75, 3.05) is 0 Å². The van der Waals surface area contributed by atoms with Crippen LogP contribution in [0.4, 0.5) is 0 Å². The van der Waals surface area contributed by atoms with E-state index in [4.69, 9.17) is 28.9 Å². The lowest BCUT2D eigenvalue weighted by Crippen LogP contribution is -2.17. The largest absolute Gasteiger partial charge is 0.320 e. The van der Waals surface area contributed by atoms with Crippen molar-refractivity contribution in [2.24, 2.45) is 5.73 Å². The summed E-state index contributed by atoms with van der Waals surface area (Å²) in [5, 5.41) is 1.31.